The second kappa shape index (κ2) is 9.86. The number of hydrogen-bond acceptors (Lipinski definition) is 3. The SMILES string of the molecule is CCCC.COC(C)(OC)OC1CCCCC1. The highest BCUT2D eigenvalue weighted by molar-refractivity contribution is 4.66. The van der Waals surface area contributed by atoms with Gasteiger partial charge in [-0.25, -0.2) is 0 Å². The Morgan fingerprint density at radius 3 is 1.76 bits per heavy atom. The molecular weight excluding hydrogens is 216 g/mol. The van der Waals surface area contributed by atoms with E-state index in [2.05, 4.69) is 13.8 Å². The minimum absolute atomic E-state index is 0.304. The average molecular weight is 246 g/mol. The van der Waals surface area contributed by atoms with E-state index < -0.39 is 5.97 Å². The van der Waals surface area contributed by atoms with Gasteiger partial charge in [0.2, 0.25) is 0 Å². The first-order valence-electron chi connectivity index (χ1n) is 6.90. The lowest BCUT2D eigenvalue weighted by atomic mass is 9.98. The largest absolute Gasteiger partial charge is 0.331 e. The van der Waals surface area contributed by atoms with Crippen molar-refractivity contribution in [2.75, 3.05) is 14.2 Å². The van der Waals surface area contributed by atoms with Crippen molar-refractivity contribution in [3.8, 4) is 0 Å². The fourth-order valence-electron chi connectivity index (χ4n) is 1.67. The number of unbranched alkanes of at least 4 members (excludes halogenated alkanes) is 1. The Labute approximate surface area is 107 Å². The van der Waals surface area contributed by atoms with Crippen molar-refractivity contribution < 1.29 is 14.2 Å². The molecule has 1 fully saturated rings. The summed E-state index contributed by atoms with van der Waals surface area (Å²) in [5, 5.41) is 0. The van der Waals surface area contributed by atoms with Gasteiger partial charge in [-0.2, -0.15) is 0 Å². The third-order valence-corrected chi connectivity index (χ3v) is 3.17. The van der Waals surface area contributed by atoms with Crippen LogP contribution in [0.25, 0.3) is 0 Å². The Morgan fingerprint density at radius 2 is 1.41 bits per heavy atom. The summed E-state index contributed by atoms with van der Waals surface area (Å²) in [6.45, 7) is 6.17. The molecule has 3 nitrogen and oxygen atoms in total. The smallest absolute Gasteiger partial charge is 0.279 e. The highest BCUT2D eigenvalue weighted by Crippen LogP contribution is 2.25. The molecule has 0 aromatic carbocycles. The van der Waals surface area contributed by atoms with Crippen molar-refractivity contribution >= 4 is 0 Å². The van der Waals surface area contributed by atoms with Crippen LogP contribution >= 0.6 is 0 Å². The third kappa shape index (κ3) is 7.74. The van der Waals surface area contributed by atoms with Gasteiger partial charge < -0.3 is 14.2 Å². The monoisotopic (exact) mass is 246 g/mol. The quantitative estimate of drug-likeness (QED) is 0.683. The molecule has 1 aliphatic rings. The predicted molar refractivity (Wildman–Crippen MR) is 71.0 cm³/mol. The zero-order valence-electron chi connectivity index (χ0n) is 12.3. The van der Waals surface area contributed by atoms with Gasteiger partial charge in [-0.05, 0) is 12.8 Å². The van der Waals surface area contributed by atoms with Gasteiger partial charge in [-0.1, -0.05) is 46.0 Å². The molecule has 0 radical (unpaired) electrons. The molecule has 0 N–H and O–H groups in total. The lowest BCUT2D eigenvalue weighted by molar-refractivity contribution is -0.367. The van der Waals surface area contributed by atoms with Crippen LogP contribution in [0.3, 0.4) is 0 Å². The molecule has 0 bridgehead atoms. The van der Waals surface area contributed by atoms with Crippen LogP contribution < -0.4 is 0 Å². The van der Waals surface area contributed by atoms with Crippen LogP contribution in [-0.2, 0) is 14.2 Å². The van der Waals surface area contributed by atoms with Gasteiger partial charge in [-0.15, -0.1) is 0 Å². The molecule has 104 valence electrons. The maximum absolute atomic E-state index is 5.73. The first kappa shape index (κ1) is 16.9. The summed E-state index contributed by atoms with van der Waals surface area (Å²) in [6.07, 6.45) is 9.04. The van der Waals surface area contributed by atoms with E-state index in [0.717, 1.165) is 12.8 Å². The van der Waals surface area contributed by atoms with Crippen LogP contribution in [0.4, 0.5) is 0 Å². The first-order valence-corrected chi connectivity index (χ1v) is 6.90. The molecule has 0 aromatic rings. The Hall–Kier alpha value is -0.120. The fraction of sp³-hybridized carbons (Fsp3) is 1.00. The molecule has 0 heterocycles. The maximum Gasteiger partial charge on any atom is 0.279 e. The van der Waals surface area contributed by atoms with E-state index in [1.165, 1.54) is 32.1 Å². The first-order chi connectivity index (χ1) is 8.11. The Kier molecular flexibility index (Phi) is 9.79. The molecule has 17 heavy (non-hydrogen) atoms. The molecule has 0 aliphatic heterocycles. The molecular formula is C14H30O3. The van der Waals surface area contributed by atoms with Crippen molar-refractivity contribution in [3.05, 3.63) is 0 Å². The fourth-order valence-corrected chi connectivity index (χ4v) is 1.67. The summed E-state index contributed by atoms with van der Waals surface area (Å²) < 4.78 is 16.0. The highest BCUT2D eigenvalue weighted by atomic mass is 16.9. The van der Waals surface area contributed by atoms with Crippen LogP contribution in [-0.4, -0.2) is 26.3 Å². The molecule has 1 rings (SSSR count). The normalized spacial score (nSPS) is 17.5. The lowest BCUT2D eigenvalue weighted by Gasteiger charge is -2.32. The Balaban J connectivity index is 0.000000557. The van der Waals surface area contributed by atoms with Crippen LogP contribution in [0.2, 0.25) is 0 Å². The van der Waals surface area contributed by atoms with E-state index in [-0.39, 0.29) is 0 Å². The highest BCUT2D eigenvalue weighted by Gasteiger charge is 2.28. The van der Waals surface area contributed by atoms with Gasteiger partial charge in [0, 0.05) is 21.1 Å². The molecule has 0 unspecified atom stereocenters. The standard InChI is InChI=1S/C10H20O3.C4H10/c1-10(11-2,12-3)13-9-7-5-4-6-8-9;1-3-4-2/h9H,4-8H2,1-3H3;3-4H2,1-2H3. The average Bonchev–Trinajstić information content (AvgIpc) is 2.40. The summed E-state index contributed by atoms with van der Waals surface area (Å²) in [7, 11) is 3.21. The van der Waals surface area contributed by atoms with Crippen molar-refractivity contribution in [3.63, 3.8) is 0 Å². The van der Waals surface area contributed by atoms with Gasteiger partial charge >= 0.3 is 0 Å². The molecule has 1 saturated carbocycles. The lowest BCUT2D eigenvalue weighted by Crippen LogP contribution is -2.38. The second-order valence-corrected chi connectivity index (χ2v) is 4.65. The molecule has 0 saturated heterocycles. The zero-order valence-corrected chi connectivity index (χ0v) is 12.3. The number of hydrogen-bond donors (Lipinski definition) is 0. The van der Waals surface area contributed by atoms with Crippen molar-refractivity contribution in [2.24, 2.45) is 0 Å². The minimum atomic E-state index is -0.859. The van der Waals surface area contributed by atoms with Crippen LogP contribution in [0.1, 0.15) is 65.7 Å². The molecule has 3 heteroatoms. The molecule has 0 aromatic heterocycles. The van der Waals surface area contributed by atoms with Gasteiger partial charge in [-0.3, -0.25) is 0 Å². The van der Waals surface area contributed by atoms with E-state index in [1.807, 2.05) is 6.92 Å². The van der Waals surface area contributed by atoms with Gasteiger partial charge in [0.25, 0.3) is 5.97 Å². The van der Waals surface area contributed by atoms with Crippen molar-refractivity contribution in [1.82, 2.24) is 0 Å². The maximum atomic E-state index is 5.73. The Morgan fingerprint density at radius 1 is 0.941 bits per heavy atom. The molecule has 0 spiro atoms. The summed E-state index contributed by atoms with van der Waals surface area (Å²) in [5.41, 5.74) is 0. The van der Waals surface area contributed by atoms with E-state index in [1.54, 1.807) is 14.2 Å². The van der Waals surface area contributed by atoms with Crippen molar-refractivity contribution in [2.45, 2.75) is 77.8 Å². The summed E-state index contributed by atoms with van der Waals surface area (Å²) in [5.74, 6) is -0.859. The second-order valence-electron chi connectivity index (χ2n) is 4.65. The number of ether oxygens (including phenoxy) is 3. The van der Waals surface area contributed by atoms with E-state index >= 15 is 0 Å². The molecule has 0 amide bonds. The van der Waals surface area contributed by atoms with Crippen LogP contribution in [0.5, 0.6) is 0 Å². The summed E-state index contributed by atoms with van der Waals surface area (Å²) in [4.78, 5) is 0. The number of rotatable bonds is 5. The van der Waals surface area contributed by atoms with Crippen molar-refractivity contribution in [1.29, 1.82) is 0 Å². The van der Waals surface area contributed by atoms with E-state index in [4.69, 9.17) is 14.2 Å². The van der Waals surface area contributed by atoms with Gasteiger partial charge in [0.1, 0.15) is 0 Å². The van der Waals surface area contributed by atoms with Crippen LogP contribution in [0, 0.1) is 0 Å². The van der Waals surface area contributed by atoms with Gasteiger partial charge in [0.15, 0.2) is 0 Å². The van der Waals surface area contributed by atoms with Crippen LogP contribution in [0.15, 0.2) is 0 Å². The minimum Gasteiger partial charge on any atom is -0.331 e. The third-order valence-electron chi connectivity index (χ3n) is 3.17. The molecule has 1 aliphatic carbocycles. The zero-order chi connectivity index (χ0) is 13.1. The Bertz CT molecular complexity index is 159. The molecule has 0 atom stereocenters. The number of methoxy groups -OCH3 is 2. The predicted octanol–water partition coefficient (Wildman–Crippen LogP) is 4.11. The summed E-state index contributed by atoms with van der Waals surface area (Å²) in [6, 6.07) is 0. The van der Waals surface area contributed by atoms with Gasteiger partial charge in [0.05, 0.1) is 6.10 Å². The van der Waals surface area contributed by atoms with E-state index in [9.17, 15) is 0 Å². The summed E-state index contributed by atoms with van der Waals surface area (Å²) >= 11 is 0. The topological polar surface area (TPSA) is 27.7 Å². The van der Waals surface area contributed by atoms with E-state index in [0.29, 0.717) is 6.10 Å².